The van der Waals surface area contributed by atoms with Crippen molar-refractivity contribution in [2.75, 3.05) is 31.7 Å². The zero-order valence-electron chi connectivity index (χ0n) is 10.7. The van der Waals surface area contributed by atoms with Crippen LogP contribution >= 0.6 is 23.2 Å². The van der Waals surface area contributed by atoms with Gasteiger partial charge in [0.2, 0.25) is 0 Å². The summed E-state index contributed by atoms with van der Waals surface area (Å²) in [6.45, 7) is 2.55. The Balaban J connectivity index is 1.84. The van der Waals surface area contributed by atoms with Gasteiger partial charge in [0.1, 0.15) is 0 Å². The number of nitrogens with zero attached hydrogens (tertiary/aromatic N) is 1. The van der Waals surface area contributed by atoms with Crippen LogP contribution in [0, 0.1) is 5.92 Å². The third kappa shape index (κ3) is 4.04. The van der Waals surface area contributed by atoms with E-state index in [1.165, 1.54) is 12.8 Å². The van der Waals surface area contributed by atoms with E-state index in [1.54, 1.807) is 0 Å². The summed E-state index contributed by atoms with van der Waals surface area (Å²) in [6, 6.07) is 5.83. The summed E-state index contributed by atoms with van der Waals surface area (Å²) in [6.07, 6.45) is 2.67. The number of anilines is 1. The first kappa shape index (κ1) is 14.0. The predicted molar refractivity (Wildman–Crippen MR) is 77.8 cm³/mol. The molecule has 0 spiro atoms. The van der Waals surface area contributed by atoms with Crippen LogP contribution in [0.2, 0.25) is 5.02 Å². The van der Waals surface area contributed by atoms with Crippen LogP contribution in [-0.2, 0) is 10.6 Å². The van der Waals surface area contributed by atoms with Crippen LogP contribution in [0.4, 0.5) is 5.69 Å². The molecular formula is C14H19Cl2NO. The third-order valence-electron chi connectivity index (χ3n) is 3.22. The zero-order chi connectivity index (χ0) is 13.0. The molecule has 1 aliphatic carbocycles. The summed E-state index contributed by atoms with van der Waals surface area (Å²) in [4.78, 5) is 2.17. The quantitative estimate of drug-likeness (QED) is 0.556. The van der Waals surface area contributed by atoms with Gasteiger partial charge in [0.05, 0.1) is 6.61 Å². The van der Waals surface area contributed by atoms with Gasteiger partial charge in [-0.2, -0.15) is 0 Å². The van der Waals surface area contributed by atoms with Crippen molar-refractivity contribution in [3.05, 3.63) is 28.8 Å². The maximum Gasteiger partial charge on any atom is 0.0641 e. The van der Waals surface area contributed by atoms with Crippen molar-refractivity contribution in [3.63, 3.8) is 0 Å². The monoisotopic (exact) mass is 287 g/mol. The van der Waals surface area contributed by atoms with Crippen LogP contribution in [0.1, 0.15) is 18.4 Å². The second-order valence-electron chi connectivity index (χ2n) is 4.85. The van der Waals surface area contributed by atoms with Gasteiger partial charge in [0.15, 0.2) is 0 Å². The van der Waals surface area contributed by atoms with Crippen LogP contribution in [0.3, 0.4) is 0 Å². The Morgan fingerprint density at radius 3 is 2.83 bits per heavy atom. The molecular weight excluding hydrogens is 269 g/mol. The summed E-state index contributed by atoms with van der Waals surface area (Å²) in [5.41, 5.74) is 2.19. The lowest BCUT2D eigenvalue weighted by Crippen LogP contribution is -2.23. The minimum absolute atomic E-state index is 0.475. The molecule has 4 heteroatoms. The van der Waals surface area contributed by atoms with Crippen LogP contribution in [0.5, 0.6) is 0 Å². The topological polar surface area (TPSA) is 12.5 Å². The van der Waals surface area contributed by atoms with Crippen molar-refractivity contribution < 1.29 is 4.74 Å². The summed E-state index contributed by atoms with van der Waals surface area (Å²) in [5.74, 6) is 1.30. The number of benzene rings is 1. The first-order chi connectivity index (χ1) is 8.70. The summed E-state index contributed by atoms with van der Waals surface area (Å²) in [7, 11) is 2.06. The van der Waals surface area contributed by atoms with Crippen LogP contribution in [-0.4, -0.2) is 26.8 Å². The fourth-order valence-corrected chi connectivity index (χ4v) is 2.30. The molecule has 1 fully saturated rings. The number of ether oxygens (including phenoxy) is 1. The molecule has 0 aromatic heterocycles. The van der Waals surface area contributed by atoms with Gasteiger partial charge in [-0.25, -0.2) is 0 Å². The lowest BCUT2D eigenvalue weighted by atomic mass is 10.2. The Morgan fingerprint density at radius 1 is 1.39 bits per heavy atom. The number of alkyl halides is 1. The molecule has 0 amide bonds. The predicted octanol–water partition coefficient (Wildman–Crippen LogP) is 3.94. The second-order valence-corrected chi connectivity index (χ2v) is 5.55. The summed E-state index contributed by atoms with van der Waals surface area (Å²) in [5, 5.41) is 0.729. The smallest absolute Gasteiger partial charge is 0.0641 e. The first-order valence-corrected chi connectivity index (χ1v) is 7.25. The zero-order valence-corrected chi connectivity index (χ0v) is 12.2. The van der Waals surface area contributed by atoms with Gasteiger partial charge in [0, 0.05) is 36.8 Å². The maximum atomic E-state index is 5.97. The van der Waals surface area contributed by atoms with E-state index in [-0.39, 0.29) is 0 Å². The molecule has 0 bridgehead atoms. The van der Waals surface area contributed by atoms with E-state index in [0.29, 0.717) is 5.88 Å². The van der Waals surface area contributed by atoms with Gasteiger partial charge in [-0.1, -0.05) is 11.6 Å². The first-order valence-electron chi connectivity index (χ1n) is 6.34. The van der Waals surface area contributed by atoms with Crippen LogP contribution in [0.15, 0.2) is 18.2 Å². The summed E-state index contributed by atoms with van der Waals surface area (Å²) < 4.78 is 5.65. The SMILES string of the molecule is CN(CCOCC1CC1)c1ccc(Cl)cc1CCl. The van der Waals surface area contributed by atoms with E-state index in [2.05, 4.69) is 11.9 Å². The Hall–Kier alpha value is -0.440. The standard InChI is InChI=1S/C14H19Cl2NO/c1-17(6-7-18-10-11-2-3-11)14-5-4-13(16)8-12(14)9-15/h4-5,8,11H,2-3,6-7,9-10H2,1H3. The highest BCUT2D eigenvalue weighted by Gasteiger charge is 2.21. The fraction of sp³-hybridized carbons (Fsp3) is 0.571. The molecule has 1 aromatic carbocycles. The molecule has 18 heavy (non-hydrogen) atoms. The van der Waals surface area contributed by atoms with Crippen molar-refractivity contribution in [1.82, 2.24) is 0 Å². The number of halogens is 2. The molecule has 2 nitrogen and oxygen atoms in total. The van der Waals surface area contributed by atoms with Crippen molar-refractivity contribution in [1.29, 1.82) is 0 Å². The maximum absolute atomic E-state index is 5.97. The Labute approximate surface area is 119 Å². The lowest BCUT2D eigenvalue weighted by Gasteiger charge is -2.22. The van der Waals surface area contributed by atoms with Gasteiger partial charge in [-0.3, -0.25) is 0 Å². The lowest BCUT2D eigenvalue weighted by molar-refractivity contribution is 0.131. The highest BCUT2D eigenvalue weighted by molar-refractivity contribution is 6.30. The van der Waals surface area contributed by atoms with Gasteiger partial charge in [0.25, 0.3) is 0 Å². The van der Waals surface area contributed by atoms with E-state index < -0.39 is 0 Å². The van der Waals surface area contributed by atoms with Gasteiger partial charge >= 0.3 is 0 Å². The minimum atomic E-state index is 0.475. The number of rotatable bonds is 7. The average Bonchev–Trinajstić information content (AvgIpc) is 3.18. The molecule has 0 N–H and O–H groups in total. The molecule has 1 saturated carbocycles. The van der Waals surface area contributed by atoms with E-state index in [9.17, 15) is 0 Å². The van der Waals surface area contributed by atoms with E-state index >= 15 is 0 Å². The fourth-order valence-electron chi connectivity index (χ4n) is 1.89. The molecule has 2 rings (SSSR count). The number of likely N-dealkylation sites (N-methyl/N-ethyl adjacent to an activating group) is 1. The van der Waals surface area contributed by atoms with E-state index in [0.717, 1.165) is 41.9 Å². The normalized spacial score (nSPS) is 14.8. The summed E-state index contributed by atoms with van der Waals surface area (Å²) >= 11 is 11.9. The molecule has 0 heterocycles. The Morgan fingerprint density at radius 2 is 2.17 bits per heavy atom. The van der Waals surface area contributed by atoms with Crippen molar-refractivity contribution in [2.24, 2.45) is 5.92 Å². The molecule has 0 radical (unpaired) electrons. The molecule has 0 saturated heterocycles. The van der Waals surface area contributed by atoms with E-state index in [1.807, 2.05) is 18.2 Å². The molecule has 1 aromatic rings. The van der Waals surface area contributed by atoms with Gasteiger partial charge in [-0.05, 0) is 42.5 Å². The molecule has 0 aliphatic heterocycles. The molecule has 1 aliphatic rings. The van der Waals surface area contributed by atoms with Crippen LogP contribution < -0.4 is 4.90 Å². The van der Waals surface area contributed by atoms with Gasteiger partial charge < -0.3 is 9.64 Å². The highest BCUT2D eigenvalue weighted by Crippen LogP contribution is 2.29. The average molecular weight is 288 g/mol. The minimum Gasteiger partial charge on any atom is -0.379 e. The molecule has 0 atom stereocenters. The highest BCUT2D eigenvalue weighted by atomic mass is 35.5. The van der Waals surface area contributed by atoms with Gasteiger partial charge in [-0.15, -0.1) is 11.6 Å². The van der Waals surface area contributed by atoms with Crippen molar-refractivity contribution in [3.8, 4) is 0 Å². The largest absolute Gasteiger partial charge is 0.379 e. The third-order valence-corrected chi connectivity index (χ3v) is 3.74. The Kier molecular flexibility index (Phi) is 5.16. The second kappa shape index (κ2) is 6.65. The molecule has 0 unspecified atom stereocenters. The number of hydrogen-bond acceptors (Lipinski definition) is 2. The van der Waals surface area contributed by atoms with Crippen LogP contribution in [0.25, 0.3) is 0 Å². The van der Waals surface area contributed by atoms with Crippen molar-refractivity contribution in [2.45, 2.75) is 18.7 Å². The number of hydrogen-bond donors (Lipinski definition) is 0. The Bertz CT molecular complexity index is 393. The van der Waals surface area contributed by atoms with E-state index in [4.69, 9.17) is 27.9 Å². The van der Waals surface area contributed by atoms with Crippen molar-refractivity contribution >= 4 is 28.9 Å². The molecule has 100 valence electrons.